The first-order chi connectivity index (χ1) is 8.15. The molecule has 0 saturated heterocycles. The lowest BCUT2D eigenvalue weighted by molar-refractivity contribution is -0.122. The van der Waals surface area contributed by atoms with Gasteiger partial charge < -0.3 is 4.90 Å². The Morgan fingerprint density at radius 1 is 1.41 bits per heavy atom. The Balaban J connectivity index is 2.36. The Hall–Kier alpha value is -1.64. The molecule has 1 aliphatic rings. The molecule has 1 unspecified atom stereocenters. The third-order valence-electron chi connectivity index (χ3n) is 3.36. The van der Waals surface area contributed by atoms with Gasteiger partial charge in [-0.1, -0.05) is 26.0 Å². The van der Waals surface area contributed by atoms with E-state index in [4.69, 9.17) is 0 Å². The number of para-hydroxylation sites is 1. The predicted molar refractivity (Wildman–Crippen MR) is 67.2 cm³/mol. The molecule has 3 heteroatoms. The molecule has 2 rings (SSSR count). The molecule has 1 aliphatic heterocycles. The minimum Gasteiger partial charge on any atom is -0.311 e. The summed E-state index contributed by atoms with van der Waals surface area (Å²) in [5, 5.41) is 0. The van der Waals surface area contributed by atoms with Gasteiger partial charge in [-0.15, -0.1) is 0 Å². The van der Waals surface area contributed by atoms with Crippen LogP contribution >= 0.6 is 0 Å². The van der Waals surface area contributed by atoms with E-state index in [9.17, 15) is 9.59 Å². The molecule has 0 bridgehead atoms. The van der Waals surface area contributed by atoms with E-state index in [-0.39, 0.29) is 17.6 Å². The summed E-state index contributed by atoms with van der Waals surface area (Å²) >= 11 is 0. The van der Waals surface area contributed by atoms with Gasteiger partial charge in [-0.05, 0) is 18.6 Å². The van der Waals surface area contributed by atoms with Crippen LogP contribution < -0.4 is 4.90 Å². The summed E-state index contributed by atoms with van der Waals surface area (Å²) in [5.74, 6) is 0.262. The number of anilines is 1. The summed E-state index contributed by atoms with van der Waals surface area (Å²) in [6.07, 6.45) is 1.25. The molecule has 1 aromatic rings. The van der Waals surface area contributed by atoms with Crippen molar-refractivity contribution in [2.45, 2.75) is 26.7 Å². The van der Waals surface area contributed by atoms with E-state index < -0.39 is 0 Å². The van der Waals surface area contributed by atoms with Crippen LogP contribution in [0.25, 0.3) is 0 Å². The van der Waals surface area contributed by atoms with Gasteiger partial charge in [0.05, 0.1) is 5.69 Å². The Labute approximate surface area is 101 Å². The van der Waals surface area contributed by atoms with Gasteiger partial charge in [0, 0.05) is 24.4 Å². The molecule has 1 amide bonds. The van der Waals surface area contributed by atoms with Crippen molar-refractivity contribution >= 4 is 17.4 Å². The van der Waals surface area contributed by atoms with Crippen LogP contribution in [0.15, 0.2) is 24.3 Å². The smallest absolute Gasteiger partial charge is 0.229 e. The topological polar surface area (TPSA) is 37.4 Å². The van der Waals surface area contributed by atoms with Crippen LogP contribution in [-0.4, -0.2) is 18.2 Å². The fourth-order valence-electron chi connectivity index (χ4n) is 2.08. The zero-order valence-corrected chi connectivity index (χ0v) is 10.3. The molecule has 0 saturated carbocycles. The number of carbonyl (C=O) groups is 2. The molecular formula is C14H17NO2. The number of benzene rings is 1. The van der Waals surface area contributed by atoms with E-state index in [1.807, 2.05) is 32.0 Å². The zero-order chi connectivity index (χ0) is 12.4. The molecule has 17 heavy (non-hydrogen) atoms. The molecule has 1 aromatic carbocycles. The van der Waals surface area contributed by atoms with Gasteiger partial charge in [0.25, 0.3) is 0 Å². The zero-order valence-electron chi connectivity index (χ0n) is 10.3. The van der Waals surface area contributed by atoms with Gasteiger partial charge >= 0.3 is 0 Å². The predicted octanol–water partition coefficient (Wildman–Crippen LogP) is 2.65. The molecule has 0 spiro atoms. The lowest BCUT2D eigenvalue weighted by atomic mass is 9.98. The number of carbonyl (C=O) groups excluding carboxylic acids is 2. The van der Waals surface area contributed by atoms with Crippen LogP contribution in [0.5, 0.6) is 0 Å². The maximum Gasteiger partial charge on any atom is 0.229 e. The second kappa shape index (κ2) is 4.70. The Bertz CT molecular complexity index is 453. The molecule has 0 aromatic heterocycles. The summed E-state index contributed by atoms with van der Waals surface area (Å²) < 4.78 is 0. The van der Waals surface area contributed by atoms with Crippen LogP contribution in [-0.2, 0) is 4.79 Å². The van der Waals surface area contributed by atoms with Gasteiger partial charge in [-0.25, -0.2) is 0 Å². The Morgan fingerprint density at radius 3 is 2.82 bits per heavy atom. The minimum atomic E-state index is 0.0104. The van der Waals surface area contributed by atoms with E-state index in [0.717, 1.165) is 12.1 Å². The van der Waals surface area contributed by atoms with E-state index in [2.05, 4.69) is 0 Å². The van der Waals surface area contributed by atoms with E-state index >= 15 is 0 Å². The fraction of sp³-hybridized carbons (Fsp3) is 0.429. The largest absolute Gasteiger partial charge is 0.311 e. The first-order valence-corrected chi connectivity index (χ1v) is 6.08. The molecule has 0 fully saturated rings. The van der Waals surface area contributed by atoms with Gasteiger partial charge in [-0.2, -0.15) is 0 Å². The van der Waals surface area contributed by atoms with Crippen LogP contribution in [0.1, 0.15) is 37.0 Å². The van der Waals surface area contributed by atoms with Gasteiger partial charge in [0.1, 0.15) is 0 Å². The molecule has 1 heterocycles. The second-order valence-electron chi connectivity index (χ2n) is 4.49. The summed E-state index contributed by atoms with van der Waals surface area (Å²) in [6.45, 7) is 4.45. The summed E-state index contributed by atoms with van der Waals surface area (Å²) in [7, 11) is 0. The van der Waals surface area contributed by atoms with Crippen molar-refractivity contribution in [1.82, 2.24) is 0 Å². The number of nitrogens with zero attached hydrogens (tertiary/aromatic N) is 1. The number of rotatable bonds is 2. The highest BCUT2D eigenvalue weighted by atomic mass is 16.2. The third-order valence-corrected chi connectivity index (χ3v) is 3.36. The van der Waals surface area contributed by atoms with Crippen molar-refractivity contribution in [3.8, 4) is 0 Å². The van der Waals surface area contributed by atoms with Crippen LogP contribution in [0, 0.1) is 5.92 Å². The molecule has 3 nitrogen and oxygen atoms in total. The quantitative estimate of drug-likeness (QED) is 0.784. The number of hydrogen-bond donors (Lipinski definition) is 0. The fourth-order valence-corrected chi connectivity index (χ4v) is 2.08. The minimum absolute atomic E-state index is 0.0104. The maximum atomic E-state index is 12.2. The standard InChI is InChI=1S/C14H17NO2/c1-3-10(2)14(17)15-9-8-13(16)11-6-4-5-7-12(11)15/h4-7,10H,3,8-9H2,1-2H3. The summed E-state index contributed by atoms with van der Waals surface area (Å²) in [4.78, 5) is 25.7. The van der Waals surface area contributed by atoms with Crippen molar-refractivity contribution in [2.24, 2.45) is 5.92 Å². The maximum absolute atomic E-state index is 12.2. The van der Waals surface area contributed by atoms with Gasteiger partial charge in [0.2, 0.25) is 5.91 Å². The summed E-state index contributed by atoms with van der Waals surface area (Å²) in [6, 6.07) is 7.36. The molecule has 0 N–H and O–H groups in total. The molecule has 0 aliphatic carbocycles. The Morgan fingerprint density at radius 2 is 2.12 bits per heavy atom. The molecular weight excluding hydrogens is 214 g/mol. The van der Waals surface area contributed by atoms with Crippen LogP contribution in [0.2, 0.25) is 0 Å². The summed E-state index contributed by atoms with van der Waals surface area (Å²) in [5.41, 5.74) is 1.45. The number of hydrogen-bond acceptors (Lipinski definition) is 2. The van der Waals surface area contributed by atoms with Crippen LogP contribution in [0.3, 0.4) is 0 Å². The normalized spacial score (nSPS) is 16.6. The van der Waals surface area contributed by atoms with Crippen molar-refractivity contribution < 1.29 is 9.59 Å². The van der Waals surface area contributed by atoms with E-state index in [1.54, 1.807) is 11.0 Å². The van der Waals surface area contributed by atoms with Crippen LogP contribution in [0.4, 0.5) is 5.69 Å². The Kier molecular flexibility index (Phi) is 3.27. The van der Waals surface area contributed by atoms with Crippen molar-refractivity contribution in [3.63, 3.8) is 0 Å². The monoisotopic (exact) mass is 231 g/mol. The average Bonchev–Trinajstić information content (AvgIpc) is 2.38. The van der Waals surface area contributed by atoms with E-state index in [1.165, 1.54) is 0 Å². The first-order valence-electron chi connectivity index (χ1n) is 6.08. The SMILES string of the molecule is CCC(C)C(=O)N1CCC(=O)c2ccccc21. The first kappa shape index (κ1) is 11.8. The third kappa shape index (κ3) is 2.09. The lowest BCUT2D eigenvalue weighted by Crippen LogP contribution is -2.40. The highest BCUT2D eigenvalue weighted by Gasteiger charge is 2.28. The van der Waals surface area contributed by atoms with Crippen molar-refractivity contribution in [1.29, 1.82) is 0 Å². The average molecular weight is 231 g/mol. The highest BCUT2D eigenvalue weighted by Crippen LogP contribution is 2.28. The lowest BCUT2D eigenvalue weighted by Gasteiger charge is -2.30. The highest BCUT2D eigenvalue weighted by molar-refractivity contribution is 6.09. The van der Waals surface area contributed by atoms with Gasteiger partial charge in [-0.3, -0.25) is 9.59 Å². The number of Topliss-reactive ketones (excluding diaryl/α,β-unsaturated/α-hetero) is 1. The van der Waals surface area contributed by atoms with Crippen molar-refractivity contribution in [3.05, 3.63) is 29.8 Å². The van der Waals surface area contributed by atoms with E-state index in [0.29, 0.717) is 18.5 Å². The molecule has 90 valence electrons. The van der Waals surface area contributed by atoms with Crippen molar-refractivity contribution in [2.75, 3.05) is 11.4 Å². The van der Waals surface area contributed by atoms with Gasteiger partial charge in [0.15, 0.2) is 5.78 Å². The molecule has 1 atom stereocenters. The number of ketones is 1. The number of amides is 1. The number of fused-ring (bicyclic) bond motifs is 1. The second-order valence-corrected chi connectivity index (χ2v) is 4.49. The molecule has 0 radical (unpaired) electrons.